The van der Waals surface area contributed by atoms with Crippen LogP contribution < -0.4 is 9.47 Å². The molecular formula is C22H30N2O4S2. The normalized spacial score (nSPS) is 16.9. The summed E-state index contributed by atoms with van der Waals surface area (Å²) in [6, 6.07) is 9.82. The van der Waals surface area contributed by atoms with Crippen LogP contribution in [0.3, 0.4) is 0 Å². The van der Waals surface area contributed by atoms with Crippen molar-refractivity contribution in [3.63, 3.8) is 0 Å². The van der Waals surface area contributed by atoms with Gasteiger partial charge in [0.1, 0.15) is 28.4 Å². The van der Waals surface area contributed by atoms with Gasteiger partial charge in [0.2, 0.25) is 5.91 Å². The zero-order valence-corrected chi connectivity index (χ0v) is 19.7. The number of hydrogen-bond donors (Lipinski definition) is 0. The molecule has 3 rings (SSSR count). The van der Waals surface area contributed by atoms with E-state index in [2.05, 4.69) is 4.90 Å². The second kappa shape index (κ2) is 11.0. The number of ether oxygens (including phenoxy) is 2. The van der Waals surface area contributed by atoms with Crippen molar-refractivity contribution in [1.82, 2.24) is 9.80 Å². The Kier molecular flexibility index (Phi) is 8.41. The largest absolute Gasteiger partial charge is 0.496 e. The first-order valence-corrected chi connectivity index (χ1v) is 12.2. The molecule has 6 nitrogen and oxygen atoms in total. The van der Waals surface area contributed by atoms with Crippen LogP contribution in [0.4, 0.5) is 0 Å². The second-order valence-electron chi connectivity index (χ2n) is 7.29. The van der Waals surface area contributed by atoms with Gasteiger partial charge in [0.15, 0.2) is 0 Å². The quantitative estimate of drug-likeness (QED) is 0.502. The monoisotopic (exact) mass is 450 g/mol. The maximum Gasteiger partial charge on any atom is 0.224 e. The molecule has 1 aromatic heterocycles. The molecule has 0 aliphatic carbocycles. The lowest BCUT2D eigenvalue weighted by Gasteiger charge is -2.36. The minimum Gasteiger partial charge on any atom is -0.496 e. The van der Waals surface area contributed by atoms with Crippen molar-refractivity contribution >= 4 is 29.4 Å². The van der Waals surface area contributed by atoms with Gasteiger partial charge in [0.25, 0.3) is 0 Å². The number of methoxy groups -OCH3 is 2. The average Bonchev–Trinajstić information content (AvgIpc) is 3.17. The molecule has 164 valence electrons. The highest BCUT2D eigenvalue weighted by Crippen LogP contribution is 2.45. The van der Waals surface area contributed by atoms with Gasteiger partial charge in [0, 0.05) is 24.5 Å². The van der Waals surface area contributed by atoms with Crippen molar-refractivity contribution in [3.05, 3.63) is 47.4 Å². The molecule has 1 atom stereocenters. The highest BCUT2D eigenvalue weighted by molar-refractivity contribution is 7.99. The smallest absolute Gasteiger partial charge is 0.224 e. The predicted octanol–water partition coefficient (Wildman–Crippen LogP) is 4.26. The number of hydrogen-bond acceptors (Lipinski definition) is 7. The molecular weight excluding hydrogens is 420 g/mol. The van der Waals surface area contributed by atoms with Crippen LogP contribution >= 0.6 is 23.5 Å². The van der Waals surface area contributed by atoms with E-state index in [1.54, 1.807) is 37.7 Å². The number of amides is 1. The Balaban J connectivity index is 1.64. The van der Waals surface area contributed by atoms with Crippen molar-refractivity contribution < 1.29 is 18.7 Å². The highest BCUT2D eigenvalue weighted by atomic mass is 32.2. The molecule has 2 aromatic rings. The first-order valence-electron chi connectivity index (χ1n) is 9.95. The molecule has 1 amide bonds. The summed E-state index contributed by atoms with van der Waals surface area (Å²) in [4.78, 5) is 16.8. The number of furan rings is 1. The third kappa shape index (κ3) is 5.68. The molecule has 8 heteroatoms. The maximum absolute atomic E-state index is 12.7. The van der Waals surface area contributed by atoms with E-state index in [0.29, 0.717) is 13.0 Å². The van der Waals surface area contributed by atoms with E-state index in [1.165, 1.54) is 0 Å². The molecule has 0 saturated carbocycles. The lowest BCUT2D eigenvalue weighted by Crippen LogP contribution is -2.39. The van der Waals surface area contributed by atoms with Crippen molar-refractivity contribution in [2.45, 2.75) is 24.1 Å². The summed E-state index contributed by atoms with van der Waals surface area (Å²) in [5.41, 5.74) is 0.935. The van der Waals surface area contributed by atoms with Crippen molar-refractivity contribution in [3.8, 4) is 11.5 Å². The summed E-state index contributed by atoms with van der Waals surface area (Å²) < 4.78 is 17.0. The Bertz CT molecular complexity index is 818. The first kappa shape index (κ1) is 22.9. The van der Waals surface area contributed by atoms with Crippen LogP contribution in [0.15, 0.2) is 34.7 Å². The van der Waals surface area contributed by atoms with Crippen LogP contribution in [0.1, 0.15) is 28.9 Å². The number of benzene rings is 1. The SMILES string of the molecule is COc1cccc(OC)c1C1SCCC(=O)N1CCSCc1ccc(CN(C)C)o1. The van der Waals surface area contributed by atoms with Crippen molar-refractivity contribution in [2.75, 3.05) is 46.4 Å². The molecule has 0 N–H and O–H groups in total. The first-order chi connectivity index (χ1) is 14.5. The molecule has 1 aromatic carbocycles. The summed E-state index contributed by atoms with van der Waals surface area (Å²) in [5.74, 6) is 6.07. The lowest BCUT2D eigenvalue weighted by molar-refractivity contribution is -0.131. The van der Waals surface area contributed by atoms with Crippen LogP contribution in [0.25, 0.3) is 0 Å². The highest BCUT2D eigenvalue weighted by Gasteiger charge is 2.33. The fourth-order valence-electron chi connectivity index (χ4n) is 3.46. The van der Waals surface area contributed by atoms with Gasteiger partial charge in [-0.2, -0.15) is 11.8 Å². The molecule has 0 bridgehead atoms. The van der Waals surface area contributed by atoms with E-state index >= 15 is 0 Å². The van der Waals surface area contributed by atoms with Crippen molar-refractivity contribution in [2.24, 2.45) is 0 Å². The van der Waals surface area contributed by atoms with E-state index < -0.39 is 0 Å². The van der Waals surface area contributed by atoms with Crippen LogP contribution in [0, 0.1) is 0 Å². The fourth-order valence-corrected chi connectivity index (χ4v) is 5.60. The van der Waals surface area contributed by atoms with Crippen LogP contribution in [0.2, 0.25) is 0 Å². The van der Waals surface area contributed by atoms with Gasteiger partial charge in [-0.15, -0.1) is 11.8 Å². The van der Waals surface area contributed by atoms with E-state index in [4.69, 9.17) is 13.9 Å². The van der Waals surface area contributed by atoms with Gasteiger partial charge in [0.05, 0.1) is 32.1 Å². The minimum atomic E-state index is -0.103. The van der Waals surface area contributed by atoms with Gasteiger partial charge in [-0.05, 0) is 38.4 Å². The Morgan fingerprint density at radius 1 is 1.17 bits per heavy atom. The van der Waals surface area contributed by atoms with Crippen LogP contribution in [-0.4, -0.2) is 62.1 Å². The third-order valence-corrected chi connectivity index (χ3v) is 7.02. The average molecular weight is 451 g/mol. The van der Waals surface area contributed by atoms with Crippen LogP contribution in [0.5, 0.6) is 11.5 Å². The second-order valence-corrected chi connectivity index (χ2v) is 9.59. The molecule has 0 radical (unpaired) electrons. The van der Waals surface area contributed by atoms with Crippen molar-refractivity contribution in [1.29, 1.82) is 0 Å². The molecule has 1 saturated heterocycles. The molecule has 0 spiro atoms. The minimum absolute atomic E-state index is 0.103. The van der Waals surface area contributed by atoms with Gasteiger partial charge >= 0.3 is 0 Å². The maximum atomic E-state index is 12.7. The molecule has 1 aliphatic heterocycles. The molecule has 1 aliphatic rings. The Morgan fingerprint density at radius 2 is 1.87 bits per heavy atom. The molecule has 30 heavy (non-hydrogen) atoms. The van der Waals surface area contributed by atoms with E-state index in [-0.39, 0.29) is 11.3 Å². The zero-order valence-electron chi connectivity index (χ0n) is 18.1. The van der Waals surface area contributed by atoms with E-state index in [9.17, 15) is 4.79 Å². The Morgan fingerprint density at radius 3 is 2.53 bits per heavy atom. The Hall–Kier alpha value is -1.77. The van der Waals surface area contributed by atoms with E-state index in [1.807, 2.05) is 49.3 Å². The number of carbonyl (C=O) groups is 1. The van der Waals surface area contributed by atoms with Gasteiger partial charge in [-0.25, -0.2) is 0 Å². The Labute approximate surface area is 187 Å². The standard InChI is InChI=1S/C22H30N2O4S2/c1-23(2)14-16-8-9-17(28-16)15-29-13-11-24-20(25)10-12-30-22(24)21-18(26-3)6-5-7-19(21)27-4/h5-9,22H,10-15H2,1-4H3. The summed E-state index contributed by atoms with van der Waals surface area (Å²) in [6.07, 6.45) is 0.565. The van der Waals surface area contributed by atoms with E-state index in [0.717, 1.165) is 52.4 Å². The van der Waals surface area contributed by atoms with Gasteiger partial charge in [-0.3, -0.25) is 4.79 Å². The zero-order chi connectivity index (χ0) is 21.5. The predicted molar refractivity (Wildman–Crippen MR) is 123 cm³/mol. The molecule has 1 fully saturated rings. The number of thioether (sulfide) groups is 2. The summed E-state index contributed by atoms with van der Waals surface area (Å²) >= 11 is 3.54. The third-order valence-electron chi connectivity index (χ3n) is 4.82. The van der Waals surface area contributed by atoms with Gasteiger partial charge in [-0.1, -0.05) is 6.07 Å². The summed E-state index contributed by atoms with van der Waals surface area (Å²) in [6.45, 7) is 1.47. The summed E-state index contributed by atoms with van der Waals surface area (Å²) in [5, 5.41) is -0.103. The van der Waals surface area contributed by atoms with Crippen LogP contribution in [-0.2, 0) is 17.1 Å². The topological polar surface area (TPSA) is 55.2 Å². The van der Waals surface area contributed by atoms with Gasteiger partial charge < -0.3 is 23.7 Å². The number of nitrogens with zero attached hydrogens (tertiary/aromatic N) is 2. The summed E-state index contributed by atoms with van der Waals surface area (Å²) in [7, 11) is 7.36. The fraction of sp³-hybridized carbons (Fsp3) is 0.500. The number of carbonyl (C=O) groups excluding carboxylic acids is 1. The number of rotatable bonds is 10. The molecule has 2 heterocycles. The lowest BCUT2D eigenvalue weighted by atomic mass is 10.1. The molecule has 1 unspecified atom stereocenters.